The Bertz CT molecular complexity index is 501. The maximum absolute atomic E-state index is 5.89. The van der Waals surface area contributed by atoms with Gasteiger partial charge >= 0.3 is 0 Å². The van der Waals surface area contributed by atoms with E-state index in [-0.39, 0.29) is 0 Å². The highest BCUT2D eigenvalue weighted by atomic mass is 35.5. The van der Waals surface area contributed by atoms with Gasteiger partial charge in [-0.1, -0.05) is 23.2 Å². The molecule has 0 N–H and O–H groups in total. The highest BCUT2D eigenvalue weighted by molar-refractivity contribution is 6.35. The summed E-state index contributed by atoms with van der Waals surface area (Å²) in [5.41, 5.74) is 1.05. The van der Waals surface area contributed by atoms with Crippen molar-refractivity contribution in [1.29, 1.82) is 0 Å². The number of pyridine rings is 2. The molecule has 2 heterocycles. The lowest BCUT2D eigenvalue weighted by molar-refractivity contribution is 0.215. The first-order chi connectivity index (χ1) is 8.10. The summed E-state index contributed by atoms with van der Waals surface area (Å²) < 4.78 is 4.54. The third kappa shape index (κ3) is 3.80. The van der Waals surface area contributed by atoms with Crippen LogP contribution in [0.2, 0.25) is 10.3 Å². The SMILES string of the molecule is CCOC.Cc1cnc(Cl)c2cnc(Cl)cc12. The van der Waals surface area contributed by atoms with E-state index in [1.54, 1.807) is 25.6 Å². The molecule has 0 saturated carbocycles. The Morgan fingerprint density at radius 2 is 1.82 bits per heavy atom. The van der Waals surface area contributed by atoms with Crippen molar-refractivity contribution in [3.05, 3.63) is 34.3 Å². The predicted octanol–water partition coefficient (Wildman–Crippen LogP) is 3.90. The maximum atomic E-state index is 5.89. The highest BCUT2D eigenvalue weighted by Crippen LogP contribution is 2.24. The van der Waals surface area contributed by atoms with Gasteiger partial charge in [0.25, 0.3) is 0 Å². The van der Waals surface area contributed by atoms with Crippen molar-refractivity contribution in [2.45, 2.75) is 13.8 Å². The molecule has 0 bridgehead atoms. The molecule has 0 aliphatic carbocycles. The van der Waals surface area contributed by atoms with E-state index in [4.69, 9.17) is 23.2 Å². The van der Waals surface area contributed by atoms with Crippen molar-refractivity contribution in [1.82, 2.24) is 9.97 Å². The quantitative estimate of drug-likeness (QED) is 0.739. The second-order valence-corrected chi connectivity index (χ2v) is 4.11. The van der Waals surface area contributed by atoms with E-state index in [0.29, 0.717) is 10.3 Å². The van der Waals surface area contributed by atoms with Crippen LogP contribution in [0, 0.1) is 6.92 Å². The van der Waals surface area contributed by atoms with Crippen LogP contribution in [0.25, 0.3) is 10.8 Å². The van der Waals surface area contributed by atoms with E-state index in [1.807, 2.05) is 13.8 Å². The molecule has 2 rings (SSSR count). The Hall–Kier alpha value is -0.900. The molecule has 0 radical (unpaired) electrons. The van der Waals surface area contributed by atoms with Crippen molar-refractivity contribution in [3.63, 3.8) is 0 Å². The minimum absolute atomic E-state index is 0.463. The van der Waals surface area contributed by atoms with Crippen molar-refractivity contribution in [2.24, 2.45) is 0 Å². The average molecular weight is 273 g/mol. The summed E-state index contributed by atoms with van der Waals surface area (Å²) in [5.74, 6) is 0. The van der Waals surface area contributed by atoms with Crippen LogP contribution in [-0.2, 0) is 4.74 Å². The number of aryl methyl sites for hydroxylation is 1. The second kappa shape index (κ2) is 6.74. The smallest absolute Gasteiger partial charge is 0.138 e. The number of aromatic nitrogens is 2. The van der Waals surface area contributed by atoms with Crippen molar-refractivity contribution >= 4 is 34.0 Å². The lowest BCUT2D eigenvalue weighted by Gasteiger charge is -2.02. The molecule has 3 nitrogen and oxygen atoms in total. The summed E-state index contributed by atoms with van der Waals surface area (Å²) >= 11 is 11.7. The van der Waals surface area contributed by atoms with Gasteiger partial charge in [0.15, 0.2) is 0 Å². The molecule has 17 heavy (non-hydrogen) atoms. The summed E-state index contributed by atoms with van der Waals surface area (Å²) in [5, 5.41) is 2.77. The van der Waals surface area contributed by atoms with Gasteiger partial charge in [0, 0.05) is 31.5 Å². The fourth-order valence-corrected chi connectivity index (χ4v) is 1.57. The van der Waals surface area contributed by atoms with E-state index >= 15 is 0 Å². The van der Waals surface area contributed by atoms with Gasteiger partial charge in [-0.2, -0.15) is 0 Å². The number of nitrogens with zero attached hydrogens (tertiary/aromatic N) is 2. The summed E-state index contributed by atoms with van der Waals surface area (Å²) in [6.07, 6.45) is 3.36. The van der Waals surface area contributed by atoms with E-state index in [9.17, 15) is 0 Å². The van der Waals surface area contributed by atoms with E-state index in [2.05, 4.69) is 14.7 Å². The van der Waals surface area contributed by atoms with Gasteiger partial charge in [0.05, 0.1) is 0 Å². The topological polar surface area (TPSA) is 35.0 Å². The average Bonchev–Trinajstić information content (AvgIpc) is 2.34. The van der Waals surface area contributed by atoms with Crippen LogP contribution in [0.1, 0.15) is 12.5 Å². The molecule has 2 aromatic heterocycles. The van der Waals surface area contributed by atoms with Gasteiger partial charge in [0.1, 0.15) is 10.3 Å². The standard InChI is InChI=1S/C9H6Cl2N2.C3H8O/c1-5-3-13-9(11)7-4-12-8(10)2-6(5)7;1-3-4-2/h2-4H,1H3;3H2,1-2H3. The number of methoxy groups -OCH3 is 1. The molecule has 0 aliphatic rings. The first-order valence-corrected chi connectivity index (χ1v) is 5.91. The Balaban J connectivity index is 0.000000317. The Kier molecular flexibility index (Phi) is 5.62. The lowest BCUT2D eigenvalue weighted by Crippen LogP contribution is -1.85. The van der Waals surface area contributed by atoms with Crippen LogP contribution in [-0.4, -0.2) is 23.7 Å². The minimum atomic E-state index is 0.463. The molecular weight excluding hydrogens is 259 g/mol. The summed E-state index contributed by atoms with van der Waals surface area (Å²) in [6.45, 7) is 4.74. The normalized spacial score (nSPS) is 9.94. The summed E-state index contributed by atoms with van der Waals surface area (Å²) in [4.78, 5) is 7.97. The third-order valence-corrected chi connectivity index (χ3v) is 2.69. The maximum Gasteiger partial charge on any atom is 0.138 e. The largest absolute Gasteiger partial charge is 0.385 e. The van der Waals surface area contributed by atoms with Crippen LogP contribution in [0.4, 0.5) is 0 Å². The number of ether oxygens (including phenoxy) is 1. The molecule has 0 atom stereocenters. The number of hydrogen-bond donors (Lipinski definition) is 0. The summed E-state index contributed by atoms with van der Waals surface area (Å²) in [6, 6.07) is 1.79. The molecule has 0 saturated heterocycles. The zero-order valence-corrected chi connectivity index (χ0v) is 11.5. The second-order valence-electron chi connectivity index (χ2n) is 3.36. The number of rotatable bonds is 1. The van der Waals surface area contributed by atoms with Crippen LogP contribution >= 0.6 is 23.2 Å². The van der Waals surface area contributed by atoms with Gasteiger partial charge in [-0.15, -0.1) is 0 Å². The minimum Gasteiger partial charge on any atom is -0.385 e. The third-order valence-electron chi connectivity index (χ3n) is 2.18. The monoisotopic (exact) mass is 272 g/mol. The highest BCUT2D eigenvalue weighted by Gasteiger charge is 2.03. The van der Waals surface area contributed by atoms with E-state index in [1.165, 1.54) is 0 Å². The number of hydrogen-bond acceptors (Lipinski definition) is 3. The Labute approximate surface area is 111 Å². The van der Waals surface area contributed by atoms with Crippen LogP contribution < -0.4 is 0 Å². The van der Waals surface area contributed by atoms with Crippen molar-refractivity contribution in [2.75, 3.05) is 13.7 Å². The fourth-order valence-electron chi connectivity index (χ4n) is 1.21. The first kappa shape index (κ1) is 14.2. The zero-order chi connectivity index (χ0) is 12.8. The predicted molar refractivity (Wildman–Crippen MR) is 71.8 cm³/mol. The van der Waals surface area contributed by atoms with E-state index in [0.717, 1.165) is 22.9 Å². The van der Waals surface area contributed by atoms with Crippen LogP contribution in [0.5, 0.6) is 0 Å². The zero-order valence-electron chi connectivity index (χ0n) is 10.00. The Morgan fingerprint density at radius 3 is 2.41 bits per heavy atom. The fraction of sp³-hybridized carbons (Fsp3) is 0.333. The van der Waals surface area contributed by atoms with Gasteiger partial charge < -0.3 is 4.74 Å². The molecule has 0 aromatic carbocycles. The number of fused-ring (bicyclic) bond motifs is 1. The van der Waals surface area contributed by atoms with Gasteiger partial charge in [-0.05, 0) is 30.9 Å². The van der Waals surface area contributed by atoms with Crippen molar-refractivity contribution in [3.8, 4) is 0 Å². The number of halogens is 2. The first-order valence-electron chi connectivity index (χ1n) is 5.15. The van der Waals surface area contributed by atoms with Crippen LogP contribution in [0.15, 0.2) is 18.5 Å². The summed E-state index contributed by atoms with van der Waals surface area (Å²) in [7, 11) is 1.68. The Morgan fingerprint density at radius 1 is 1.18 bits per heavy atom. The van der Waals surface area contributed by atoms with E-state index < -0.39 is 0 Å². The molecule has 0 fully saturated rings. The van der Waals surface area contributed by atoms with Crippen molar-refractivity contribution < 1.29 is 4.74 Å². The molecule has 5 heteroatoms. The van der Waals surface area contributed by atoms with Gasteiger partial charge in [0.2, 0.25) is 0 Å². The molecular formula is C12H14Cl2N2O. The van der Waals surface area contributed by atoms with Crippen LogP contribution in [0.3, 0.4) is 0 Å². The molecule has 0 amide bonds. The molecule has 0 aliphatic heterocycles. The van der Waals surface area contributed by atoms with Gasteiger partial charge in [-0.25, -0.2) is 9.97 Å². The molecule has 92 valence electrons. The molecule has 0 unspecified atom stereocenters. The lowest BCUT2D eigenvalue weighted by atomic mass is 10.1. The molecule has 2 aromatic rings. The molecule has 0 spiro atoms. The van der Waals surface area contributed by atoms with Gasteiger partial charge in [-0.3, -0.25) is 0 Å².